The van der Waals surface area contributed by atoms with Gasteiger partial charge < -0.3 is 5.32 Å². The van der Waals surface area contributed by atoms with Gasteiger partial charge in [-0.1, -0.05) is 13.0 Å². The zero-order valence-corrected chi connectivity index (χ0v) is 10.5. The summed E-state index contributed by atoms with van der Waals surface area (Å²) >= 11 is 0. The molecule has 2 heterocycles. The molecule has 0 saturated heterocycles. The molecule has 0 radical (unpaired) electrons. The molecule has 94 valence electrons. The maximum absolute atomic E-state index is 13.3. The molecular formula is C14H16FN3. The molecule has 3 nitrogen and oxygen atoms in total. The first-order chi connectivity index (χ1) is 8.72. The lowest BCUT2D eigenvalue weighted by Gasteiger charge is -2.19. The molecule has 1 N–H and O–H groups in total. The average molecular weight is 245 g/mol. The summed E-state index contributed by atoms with van der Waals surface area (Å²) in [7, 11) is 0. The van der Waals surface area contributed by atoms with E-state index in [1.807, 2.05) is 26.0 Å². The highest BCUT2D eigenvalue weighted by Crippen LogP contribution is 2.22. The van der Waals surface area contributed by atoms with Crippen molar-refractivity contribution in [2.75, 3.05) is 6.54 Å². The zero-order chi connectivity index (χ0) is 13.0. The van der Waals surface area contributed by atoms with E-state index in [9.17, 15) is 4.39 Å². The van der Waals surface area contributed by atoms with Gasteiger partial charge in [-0.3, -0.25) is 9.97 Å². The van der Waals surface area contributed by atoms with Crippen LogP contribution in [0.25, 0.3) is 0 Å². The molecule has 4 heteroatoms. The Balaban J connectivity index is 2.43. The molecule has 0 bridgehead atoms. The fourth-order valence-electron chi connectivity index (χ4n) is 1.96. The molecule has 2 aromatic heterocycles. The number of rotatable bonds is 4. The van der Waals surface area contributed by atoms with Crippen LogP contribution in [0.2, 0.25) is 0 Å². The van der Waals surface area contributed by atoms with Crippen LogP contribution in [0.4, 0.5) is 4.39 Å². The molecule has 0 aromatic carbocycles. The Kier molecular flexibility index (Phi) is 3.99. The van der Waals surface area contributed by atoms with E-state index in [2.05, 4.69) is 15.3 Å². The second-order valence-corrected chi connectivity index (χ2v) is 4.13. The number of aromatic nitrogens is 2. The fraction of sp³-hybridized carbons (Fsp3) is 0.286. The standard InChI is InChI=1S/C14H16FN3/c1-3-17-14(11-7-12(15)9-16-8-11)13-10(2)5-4-6-18-13/h4-9,14,17H,3H2,1-2H3. The Labute approximate surface area is 106 Å². The Morgan fingerprint density at radius 2 is 2.22 bits per heavy atom. The van der Waals surface area contributed by atoms with Gasteiger partial charge in [0.1, 0.15) is 5.82 Å². The molecule has 0 fully saturated rings. The number of nitrogens with one attached hydrogen (secondary N) is 1. The van der Waals surface area contributed by atoms with Crippen LogP contribution in [0, 0.1) is 12.7 Å². The van der Waals surface area contributed by atoms with Gasteiger partial charge in [0.2, 0.25) is 0 Å². The summed E-state index contributed by atoms with van der Waals surface area (Å²) in [6, 6.07) is 5.26. The Morgan fingerprint density at radius 1 is 1.39 bits per heavy atom. The number of nitrogens with zero attached hydrogens (tertiary/aromatic N) is 2. The molecule has 0 aliphatic carbocycles. The van der Waals surface area contributed by atoms with Gasteiger partial charge in [-0.05, 0) is 36.7 Å². The maximum atomic E-state index is 13.3. The van der Waals surface area contributed by atoms with Crippen molar-refractivity contribution in [2.24, 2.45) is 0 Å². The van der Waals surface area contributed by atoms with Crippen molar-refractivity contribution in [3.63, 3.8) is 0 Å². The van der Waals surface area contributed by atoms with Crippen molar-refractivity contribution in [2.45, 2.75) is 19.9 Å². The molecule has 18 heavy (non-hydrogen) atoms. The minimum Gasteiger partial charge on any atom is -0.305 e. The largest absolute Gasteiger partial charge is 0.305 e. The van der Waals surface area contributed by atoms with E-state index in [0.717, 1.165) is 23.4 Å². The lowest BCUT2D eigenvalue weighted by molar-refractivity contribution is 0.587. The highest BCUT2D eigenvalue weighted by molar-refractivity contribution is 5.30. The molecule has 0 saturated carbocycles. The van der Waals surface area contributed by atoms with Gasteiger partial charge in [-0.15, -0.1) is 0 Å². The third-order valence-electron chi connectivity index (χ3n) is 2.79. The van der Waals surface area contributed by atoms with Crippen molar-refractivity contribution < 1.29 is 4.39 Å². The van der Waals surface area contributed by atoms with Gasteiger partial charge in [0.25, 0.3) is 0 Å². The molecule has 0 spiro atoms. The smallest absolute Gasteiger partial charge is 0.141 e. The normalized spacial score (nSPS) is 12.4. The minimum absolute atomic E-state index is 0.126. The van der Waals surface area contributed by atoms with Crippen LogP contribution in [0.1, 0.15) is 29.8 Å². The van der Waals surface area contributed by atoms with Crippen molar-refractivity contribution in [3.8, 4) is 0 Å². The third-order valence-corrected chi connectivity index (χ3v) is 2.79. The average Bonchev–Trinajstić information content (AvgIpc) is 2.37. The first kappa shape index (κ1) is 12.6. The topological polar surface area (TPSA) is 37.8 Å². The van der Waals surface area contributed by atoms with E-state index in [1.165, 1.54) is 12.3 Å². The van der Waals surface area contributed by atoms with E-state index in [-0.39, 0.29) is 11.9 Å². The van der Waals surface area contributed by atoms with Crippen molar-refractivity contribution in [1.29, 1.82) is 0 Å². The van der Waals surface area contributed by atoms with Gasteiger partial charge in [0.15, 0.2) is 0 Å². The molecular weight excluding hydrogens is 229 g/mol. The Bertz CT molecular complexity index is 528. The second-order valence-electron chi connectivity index (χ2n) is 4.13. The molecule has 0 amide bonds. The Morgan fingerprint density at radius 3 is 2.89 bits per heavy atom. The first-order valence-corrected chi connectivity index (χ1v) is 5.97. The maximum Gasteiger partial charge on any atom is 0.141 e. The fourth-order valence-corrected chi connectivity index (χ4v) is 1.96. The third kappa shape index (κ3) is 2.71. The van der Waals surface area contributed by atoms with Crippen LogP contribution in [0.5, 0.6) is 0 Å². The second kappa shape index (κ2) is 5.69. The van der Waals surface area contributed by atoms with Crippen LogP contribution < -0.4 is 5.32 Å². The summed E-state index contributed by atoms with van der Waals surface area (Å²) in [5.74, 6) is -0.330. The van der Waals surface area contributed by atoms with Gasteiger partial charge in [0.05, 0.1) is 17.9 Å². The van der Waals surface area contributed by atoms with Gasteiger partial charge >= 0.3 is 0 Å². The van der Waals surface area contributed by atoms with Crippen molar-refractivity contribution in [3.05, 3.63) is 59.4 Å². The monoisotopic (exact) mass is 245 g/mol. The summed E-state index contributed by atoms with van der Waals surface area (Å²) in [5.41, 5.74) is 2.78. The van der Waals surface area contributed by atoms with E-state index in [4.69, 9.17) is 0 Å². The Hall–Kier alpha value is -1.81. The van der Waals surface area contributed by atoms with Crippen LogP contribution in [0.15, 0.2) is 36.8 Å². The van der Waals surface area contributed by atoms with Crippen LogP contribution in [0.3, 0.4) is 0 Å². The summed E-state index contributed by atoms with van der Waals surface area (Å²) < 4.78 is 13.3. The van der Waals surface area contributed by atoms with Crippen LogP contribution in [-0.2, 0) is 0 Å². The van der Waals surface area contributed by atoms with E-state index in [0.29, 0.717) is 0 Å². The van der Waals surface area contributed by atoms with Crippen molar-refractivity contribution >= 4 is 0 Å². The van der Waals surface area contributed by atoms with E-state index >= 15 is 0 Å². The minimum atomic E-state index is -0.330. The summed E-state index contributed by atoms with van der Waals surface area (Å²) in [6.07, 6.45) is 4.63. The zero-order valence-electron chi connectivity index (χ0n) is 10.5. The number of hydrogen-bond acceptors (Lipinski definition) is 3. The van der Waals surface area contributed by atoms with Gasteiger partial charge in [0, 0.05) is 12.4 Å². The lowest BCUT2D eigenvalue weighted by Crippen LogP contribution is -2.24. The van der Waals surface area contributed by atoms with E-state index in [1.54, 1.807) is 12.4 Å². The lowest BCUT2D eigenvalue weighted by atomic mass is 10.0. The summed E-state index contributed by atoms with van der Waals surface area (Å²) in [5, 5.41) is 3.31. The predicted octanol–water partition coefficient (Wildman–Crippen LogP) is 2.62. The summed E-state index contributed by atoms with van der Waals surface area (Å²) in [4.78, 5) is 8.29. The first-order valence-electron chi connectivity index (χ1n) is 5.97. The molecule has 0 aliphatic heterocycles. The molecule has 1 unspecified atom stereocenters. The number of aryl methyl sites for hydroxylation is 1. The molecule has 2 rings (SSSR count). The molecule has 1 atom stereocenters. The van der Waals surface area contributed by atoms with E-state index < -0.39 is 0 Å². The van der Waals surface area contributed by atoms with Crippen LogP contribution in [-0.4, -0.2) is 16.5 Å². The highest BCUT2D eigenvalue weighted by Gasteiger charge is 2.17. The SMILES string of the molecule is CCNC(c1cncc(F)c1)c1ncccc1C. The van der Waals surface area contributed by atoms with Crippen molar-refractivity contribution in [1.82, 2.24) is 15.3 Å². The molecule has 0 aliphatic rings. The number of hydrogen-bond donors (Lipinski definition) is 1. The quantitative estimate of drug-likeness (QED) is 0.899. The van der Waals surface area contributed by atoms with Gasteiger partial charge in [-0.2, -0.15) is 0 Å². The van der Waals surface area contributed by atoms with Crippen LogP contribution >= 0.6 is 0 Å². The molecule has 2 aromatic rings. The highest BCUT2D eigenvalue weighted by atomic mass is 19.1. The number of pyridine rings is 2. The number of halogens is 1. The predicted molar refractivity (Wildman–Crippen MR) is 68.7 cm³/mol. The summed E-state index contributed by atoms with van der Waals surface area (Å²) in [6.45, 7) is 4.79. The van der Waals surface area contributed by atoms with Gasteiger partial charge in [-0.25, -0.2) is 4.39 Å².